The molecule has 0 radical (unpaired) electrons. The van der Waals surface area contributed by atoms with Crippen LogP contribution in [0.4, 0.5) is 0 Å². The van der Waals surface area contributed by atoms with Gasteiger partial charge in [-0.15, -0.1) is 0 Å². The SMILES string of the molecule is Cc1cccc(OCCOc2ccc(C(C)CC(=O)O)cc2)c1. The van der Waals surface area contributed by atoms with Gasteiger partial charge in [-0.3, -0.25) is 4.79 Å². The van der Waals surface area contributed by atoms with Crippen LogP contribution in [0.3, 0.4) is 0 Å². The quantitative estimate of drug-likeness (QED) is 0.747. The molecule has 0 aliphatic carbocycles. The molecule has 0 saturated carbocycles. The minimum Gasteiger partial charge on any atom is -0.490 e. The fourth-order valence-electron chi connectivity index (χ4n) is 2.30. The van der Waals surface area contributed by atoms with E-state index in [-0.39, 0.29) is 12.3 Å². The van der Waals surface area contributed by atoms with Crippen LogP contribution in [0.1, 0.15) is 30.4 Å². The normalized spacial score (nSPS) is 11.7. The highest BCUT2D eigenvalue weighted by molar-refractivity contribution is 5.67. The summed E-state index contributed by atoms with van der Waals surface area (Å²) in [5, 5.41) is 8.82. The van der Waals surface area contributed by atoms with E-state index in [0.29, 0.717) is 13.2 Å². The van der Waals surface area contributed by atoms with Crippen LogP contribution in [0.2, 0.25) is 0 Å². The summed E-state index contributed by atoms with van der Waals surface area (Å²) in [6.45, 7) is 4.86. The Morgan fingerprint density at radius 2 is 1.70 bits per heavy atom. The summed E-state index contributed by atoms with van der Waals surface area (Å²) in [6.07, 6.45) is 0.130. The monoisotopic (exact) mass is 314 g/mol. The largest absolute Gasteiger partial charge is 0.490 e. The van der Waals surface area contributed by atoms with Crippen molar-refractivity contribution in [1.29, 1.82) is 0 Å². The lowest BCUT2D eigenvalue weighted by Crippen LogP contribution is -2.09. The molecule has 1 unspecified atom stereocenters. The molecule has 122 valence electrons. The lowest BCUT2D eigenvalue weighted by molar-refractivity contribution is -0.137. The third-order valence-corrected chi connectivity index (χ3v) is 3.54. The molecule has 0 heterocycles. The molecule has 1 atom stereocenters. The van der Waals surface area contributed by atoms with E-state index in [4.69, 9.17) is 14.6 Å². The lowest BCUT2D eigenvalue weighted by atomic mass is 9.98. The molecule has 2 rings (SSSR count). The maximum absolute atomic E-state index is 10.7. The first-order chi connectivity index (χ1) is 11.0. The molecule has 0 aromatic heterocycles. The van der Waals surface area contributed by atoms with Crippen molar-refractivity contribution >= 4 is 5.97 Å². The molecule has 0 bridgehead atoms. The highest BCUT2D eigenvalue weighted by Crippen LogP contribution is 2.22. The van der Waals surface area contributed by atoms with Gasteiger partial charge in [-0.25, -0.2) is 0 Å². The summed E-state index contributed by atoms with van der Waals surface area (Å²) in [5.74, 6) is 0.799. The molecule has 23 heavy (non-hydrogen) atoms. The van der Waals surface area contributed by atoms with Crippen molar-refractivity contribution in [1.82, 2.24) is 0 Å². The van der Waals surface area contributed by atoms with Crippen molar-refractivity contribution in [2.75, 3.05) is 13.2 Å². The van der Waals surface area contributed by atoms with E-state index in [9.17, 15) is 4.79 Å². The zero-order valence-corrected chi connectivity index (χ0v) is 13.5. The second kappa shape index (κ2) is 8.22. The predicted octanol–water partition coefficient (Wildman–Crippen LogP) is 4.03. The molecule has 2 aromatic carbocycles. The standard InChI is InChI=1S/C19H22O4/c1-14-4-3-5-18(12-14)23-11-10-22-17-8-6-16(7-9-17)15(2)13-19(20)21/h3-9,12,15H,10-11,13H2,1-2H3,(H,20,21). The smallest absolute Gasteiger partial charge is 0.303 e. The van der Waals surface area contributed by atoms with E-state index in [1.54, 1.807) is 0 Å². The van der Waals surface area contributed by atoms with Gasteiger partial charge in [-0.2, -0.15) is 0 Å². The van der Waals surface area contributed by atoms with Crippen LogP contribution < -0.4 is 9.47 Å². The fraction of sp³-hybridized carbons (Fsp3) is 0.316. The molecule has 0 spiro atoms. The van der Waals surface area contributed by atoms with Crippen molar-refractivity contribution in [2.24, 2.45) is 0 Å². The summed E-state index contributed by atoms with van der Waals surface area (Å²) in [4.78, 5) is 10.7. The van der Waals surface area contributed by atoms with Gasteiger partial charge in [0.2, 0.25) is 0 Å². The second-order valence-corrected chi connectivity index (χ2v) is 5.58. The number of carbonyl (C=O) groups is 1. The average molecular weight is 314 g/mol. The van der Waals surface area contributed by atoms with Crippen LogP contribution >= 0.6 is 0 Å². The number of hydrogen-bond donors (Lipinski definition) is 1. The van der Waals surface area contributed by atoms with Crippen LogP contribution in [-0.2, 0) is 4.79 Å². The van der Waals surface area contributed by atoms with Crippen molar-refractivity contribution in [3.63, 3.8) is 0 Å². The third kappa shape index (κ3) is 5.66. The fourth-order valence-corrected chi connectivity index (χ4v) is 2.30. The first-order valence-corrected chi connectivity index (χ1v) is 7.68. The van der Waals surface area contributed by atoms with E-state index in [1.807, 2.05) is 62.4 Å². The second-order valence-electron chi connectivity index (χ2n) is 5.58. The number of benzene rings is 2. The van der Waals surface area contributed by atoms with Crippen molar-refractivity contribution in [2.45, 2.75) is 26.2 Å². The number of carboxylic acid groups (broad SMARTS) is 1. The van der Waals surface area contributed by atoms with E-state index in [2.05, 4.69) is 0 Å². The number of aryl methyl sites for hydroxylation is 1. The molecule has 0 aliphatic heterocycles. The first-order valence-electron chi connectivity index (χ1n) is 7.68. The van der Waals surface area contributed by atoms with Crippen molar-refractivity contribution in [3.05, 3.63) is 59.7 Å². The van der Waals surface area contributed by atoms with Crippen LogP contribution in [-0.4, -0.2) is 24.3 Å². The summed E-state index contributed by atoms with van der Waals surface area (Å²) >= 11 is 0. The van der Waals surface area contributed by atoms with E-state index < -0.39 is 5.97 Å². The molecule has 4 nitrogen and oxygen atoms in total. The summed E-state index contributed by atoms with van der Waals surface area (Å²) in [7, 11) is 0. The highest BCUT2D eigenvalue weighted by atomic mass is 16.5. The van der Waals surface area contributed by atoms with Crippen LogP contribution in [0, 0.1) is 6.92 Å². The number of aliphatic carboxylic acids is 1. The summed E-state index contributed by atoms with van der Waals surface area (Å²) in [5.41, 5.74) is 2.16. The van der Waals surface area contributed by atoms with Gasteiger partial charge in [-0.05, 0) is 48.2 Å². The van der Waals surface area contributed by atoms with Gasteiger partial charge in [0.05, 0.1) is 6.42 Å². The number of carboxylic acids is 1. The van der Waals surface area contributed by atoms with Gasteiger partial charge >= 0.3 is 5.97 Å². The average Bonchev–Trinajstić information content (AvgIpc) is 2.51. The third-order valence-electron chi connectivity index (χ3n) is 3.54. The molecule has 0 fully saturated rings. The molecule has 0 saturated heterocycles. The van der Waals surface area contributed by atoms with Crippen LogP contribution in [0.15, 0.2) is 48.5 Å². The molecule has 1 N–H and O–H groups in total. The molecular formula is C19H22O4. The van der Waals surface area contributed by atoms with Crippen molar-refractivity contribution < 1.29 is 19.4 Å². The van der Waals surface area contributed by atoms with Gasteiger partial charge in [-0.1, -0.05) is 31.2 Å². The minimum atomic E-state index is -0.786. The lowest BCUT2D eigenvalue weighted by Gasteiger charge is -2.11. The Hall–Kier alpha value is -2.49. The van der Waals surface area contributed by atoms with E-state index >= 15 is 0 Å². The Morgan fingerprint density at radius 1 is 1.04 bits per heavy atom. The molecular weight excluding hydrogens is 292 g/mol. The molecule has 4 heteroatoms. The highest BCUT2D eigenvalue weighted by Gasteiger charge is 2.09. The molecule has 0 amide bonds. The Morgan fingerprint density at radius 3 is 2.30 bits per heavy atom. The Kier molecular flexibility index (Phi) is 6.03. The zero-order valence-electron chi connectivity index (χ0n) is 13.5. The number of hydrogen-bond acceptors (Lipinski definition) is 3. The Balaban J connectivity index is 1.77. The minimum absolute atomic E-state index is 0.00814. The van der Waals surface area contributed by atoms with Gasteiger partial charge in [0.25, 0.3) is 0 Å². The van der Waals surface area contributed by atoms with Gasteiger partial charge in [0.1, 0.15) is 24.7 Å². The van der Waals surface area contributed by atoms with Gasteiger partial charge < -0.3 is 14.6 Å². The van der Waals surface area contributed by atoms with Gasteiger partial charge in [0, 0.05) is 0 Å². The van der Waals surface area contributed by atoms with Crippen LogP contribution in [0.5, 0.6) is 11.5 Å². The maximum atomic E-state index is 10.7. The Labute approximate surface area is 136 Å². The first kappa shape index (κ1) is 16.9. The van der Waals surface area contributed by atoms with Crippen molar-refractivity contribution in [3.8, 4) is 11.5 Å². The summed E-state index contributed by atoms with van der Waals surface area (Å²) < 4.78 is 11.3. The van der Waals surface area contributed by atoms with E-state index in [1.165, 1.54) is 0 Å². The topological polar surface area (TPSA) is 55.8 Å². The molecule has 0 aliphatic rings. The van der Waals surface area contributed by atoms with E-state index in [0.717, 1.165) is 22.6 Å². The maximum Gasteiger partial charge on any atom is 0.303 e. The Bertz CT molecular complexity index is 634. The van der Waals surface area contributed by atoms with Gasteiger partial charge in [0.15, 0.2) is 0 Å². The van der Waals surface area contributed by atoms with Crippen LogP contribution in [0.25, 0.3) is 0 Å². The number of rotatable bonds is 8. The zero-order chi connectivity index (χ0) is 16.7. The molecule has 2 aromatic rings. The predicted molar refractivity (Wildman–Crippen MR) is 89.3 cm³/mol. The summed E-state index contributed by atoms with van der Waals surface area (Å²) in [6, 6.07) is 15.4. The number of ether oxygens (including phenoxy) is 2.